The van der Waals surface area contributed by atoms with Gasteiger partial charge in [-0.1, -0.05) is 50.7 Å². The van der Waals surface area contributed by atoms with Gasteiger partial charge in [-0.15, -0.1) is 5.10 Å². The Balaban J connectivity index is 1.99. The molecule has 8 nitrogen and oxygen atoms in total. The Kier molecular flexibility index (Phi) is 8.67. The second-order valence-corrected chi connectivity index (χ2v) is 9.67. The van der Waals surface area contributed by atoms with Crippen LogP contribution < -0.4 is 5.32 Å². The summed E-state index contributed by atoms with van der Waals surface area (Å²) in [7, 11) is 0. The molecule has 0 spiro atoms. The van der Waals surface area contributed by atoms with Crippen molar-refractivity contribution in [3.05, 3.63) is 11.9 Å². The number of carbonyl (C=O) groups excluding carboxylic acids is 1. The number of hydrogen-bond acceptors (Lipinski definition) is 6. The van der Waals surface area contributed by atoms with E-state index in [4.69, 9.17) is 14.2 Å². The predicted octanol–water partition coefficient (Wildman–Crippen LogP) is 4.53. The van der Waals surface area contributed by atoms with Crippen LogP contribution in [0.5, 0.6) is 0 Å². The van der Waals surface area contributed by atoms with Crippen molar-refractivity contribution in [3.8, 4) is 0 Å². The lowest BCUT2D eigenvalue weighted by Gasteiger charge is -2.42. The fourth-order valence-corrected chi connectivity index (χ4v) is 3.32. The standard InChI is InChI=1S/C22H40N4O4/c1-7-8-9-10-11-12-13-14-26-15-18(24-25-26)22(16-28-21(5,6)29-17-22)23-19(27)30-20(2,3)4/h15H,7-14,16-17H2,1-6H3,(H,23,27). The topological polar surface area (TPSA) is 87.5 Å². The third kappa shape index (κ3) is 7.87. The maximum absolute atomic E-state index is 12.5. The first-order valence-corrected chi connectivity index (χ1v) is 11.2. The zero-order valence-corrected chi connectivity index (χ0v) is 19.6. The Labute approximate surface area is 181 Å². The van der Waals surface area contributed by atoms with Crippen molar-refractivity contribution < 1.29 is 19.0 Å². The molecule has 0 aromatic carbocycles. The molecule has 1 saturated heterocycles. The summed E-state index contributed by atoms with van der Waals surface area (Å²) in [4.78, 5) is 12.5. The average molecular weight is 425 g/mol. The van der Waals surface area contributed by atoms with Crippen molar-refractivity contribution in [1.82, 2.24) is 20.3 Å². The molecule has 1 aliphatic rings. The zero-order valence-electron chi connectivity index (χ0n) is 19.6. The molecule has 172 valence electrons. The number of aryl methyl sites for hydroxylation is 1. The smallest absolute Gasteiger partial charge is 0.408 e. The van der Waals surface area contributed by atoms with Gasteiger partial charge in [0.25, 0.3) is 0 Å². The molecule has 30 heavy (non-hydrogen) atoms. The second-order valence-electron chi connectivity index (χ2n) is 9.67. The van der Waals surface area contributed by atoms with Crippen molar-refractivity contribution in [1.29, 1.82) is 0 Å². The van der Waals surface area contributed by atoms with Crippen molar-refractivity contribution in [2.24, 2.45) is 0 Å². The van der Waals surface area contributed by atoms with Gasteiger partial charge in [-0.3, -0.25) is 4.68 Å². The van der Waals surface area contributed by atoms with Crippen LogP contribution in [-0.4, -0.2) is 45.7 Å². The largest absolute Gasteiger partial charge is 0.444 e. The number of rotatable bonds is 10. The van der Waals surface area contributed by atoms with E-state index in [1.807, 2.05) is 45.5 Å². The number of nitrogens with zero attached hydrogens (tertiary/aromatic N) is 3. The number of carbonyl (C=O) groups is 1. The molecular formula is C22H40N4O4. The summed E-state index contributed by atoms with van der Waals surface area (Å²) in [5, 5.41) is 11.5. The molecule has 0 atom stereocenters. The van der Waals surface area contributed by atoms with Gasteiger partial charge in [-0.2, -0.15) is 0 Å². The maximum Gasteiger partial charge on any atom is 0.408 e. The summed E-state index contributed by atoms with van der Waals surface area (Å²) < 4.78 is 19.0. The lowest BCUT2D eigenvalue weighted by molar-refractivity contribution is -0.273. The van der Waals surface area contributed by atoms with Crippen LogP contribution in [0.25, 0.3) is 0 Å². The van der Waals surface area contributed by atoms with Crippen LogP contribution in [0.2, 0.25) is 0 Å². The number of amides is 1. The molecule has 0 saturated carbocycles. The first-order chi connectivity index (χ1) is 14.1. The lowest BCUT2D eigenvalue weighted by atomic mass is 9.96. The molecule has 1 fully saturated rings. The lowest BCUT2D eigenvalue weighted by Crippen LogP contribution is -2.59. The van der Waals surface area contributed by atoms with Crippen LogP contribution in [-0.2, 0) is 26.3 Å². The quantitative estimate of drug-likeness (QED) is 0.555. The Hall–Kier alpha value is -1.67. The minimum absolute atomic E-state index is 0.232. The molecule has 0 radical (unpaired) electrons. The summed E-state index contributed by atoms with van der Waals surface area (Å²) in [5.41, 5.74) is -0.918. The number of ether oxygens (including phenoxy) is 3. The normalized spacial score (nSPS) is 18.2. The molecule has 0 aliphatic carbocycles. The number of unbranched alkanes of at least 4 members (excludes halogenated alkanes) is 6. The number of alkyl carbamates (subject to hydrolysis) is 1. The summed E-state index contributed by atoms with van der Waals surface area (Å²) >= 11 is 0. The monoisotopic (exact) mass is 424 g/mol. The summed E-state index contributed by atoms with van der Waals surface area (Å²) in [6.45, 7) is 12.7. The van der Waals surface area contributed by atoms with Gasteiger partial charge >= 0.3 is 6.09 Å². The van der Waals surface area contributed by atoms with Crippen LogP contribution >= 0.6 is 0 Å². The van der Waals surface area contributed by atoms with Gasteiger partial charge in [0.2, 0.25) is 0 Å². The van der Waals surface area contributed by atoms with Crippen molar-refractivity contribution in [2.45, 2.75) is 110 Å². The highest BCUT2D eigenvalue weighted by molar-refractivity contribution is 5.69. The van der Waals surface area contributed by atoms with Crippen molar-refractivity contribution in [3.63, 3.8) is 0 Å². The highest BCUT2D eigenvalue weighted by Crippen LogP contribution is 2.30. The molecule has 1 aromatic rings. The SMILES string of the molecule is CCCCCCCCCn1cc(C2(NC(=O)OC(C)(C)C)COC(C)(C)OC2)nn1. The predicted molar refractivity (Wildman–Crippen MR) is 115 cm³/mol. The van der Waals surface area contributed by atoms with Crippen LogP contribution in [0.15, 0.2) is 6.20 Å². The van der Waals surface area contributed by atoms with E-state index in [-0.39, 0.29) is 13.2 Å². The fourth-order valence-electron chi connectivity index (χ4n) is 3.32. The third-order valence-corrected chi connectivity index (χ3v) is 5.09. The Morgan fingerprint density at radius 2 is 1.73 bits per heavy atom. The molecule has 0 unspecified atom stereocenters. The second kappa shape index (κ2) is 10.6. The molecule has 1 aromatic heterocycles. The van der Waals surface area contributed by atoms with Crippen molar-refractivity contribution in [2.75, 3.05) is 13.2 Å². The van der Waals surface area contributed by atoms with Gasteiger partial charge in [0.05, 0.1) is 19.4 Å². The number of nitrogens with one attached hydrogen (secondary N) is 1. The van der Waals surface area contributed by atoms with Crippen molar-refractivity contribution >= 4 is 6.09 Å². The molecule has 8 heteroatoms. The van der Waals surface area contributed by atoms with Gasteiger partial charge in [0.15, 0.2) is 5.79 Å². The summed E-state index contributed by atoms with van der Waals surface area (Å²) in [5.74, 6) is -0.715. The molecule has 0 bridgehead atoms. The summed E-state index contributed by atoms with van der Waals surface area (Å²) in [6.07, 6.45) is 10.0. The minimum Gasteiger partial charge on any atom is -0.444 e. The molecule has 1 amide bonds. The number of hydrogen-bond donors (Lipinski definition) is 1. The van der Waals surface area contributed by atoms with E-state index in [1.54, 1.807) is 0 Å². The maximum atomic E-state index is 12.5. The van der Waals surface area contributed by atoms with Gasteiger partial charge in [-0.25, -0.2) is 4.79 Å². The molecule has 1 aliphatic heterocycles. The van der Waals surface area contributed by atoms with Crippen LogP contribution in [0.3, 0.4) is 0 Å². The van der Waals surface area contributed by atoms with E-state index < -0.39 is 23.0 Å². The molecule has 2 rings (SSSR count). The average Bonchev–Trinajstić information content (AvgIpc) is 3.11. The Morgan fingerprint density at radius 3 is 2.33 bits per heavy atom. The Bertz CT molecular complexity index is 656. The summed E-state index contributed by atoms with van der Waals surface area (Å²) in [6, 6.07) is 0. The van der Waals surface area contributed by atoms with E-state index in [9.17, 15) is 4.79 Å². The van der Waals surface area contributed by atoms with Crippen LogP contribution in [0.1, 0.15) is 92.2 Å². The highest BCUT2D eigenvalue weighted by atomic mass is 16.7. The van der Waals surface area contributed by atoms with Gasteiger partial charge in [0.1, 0.15) is 16.8 Å². The van der Waals surface area contributed by atoms with Crippen LogP contribution in [0, 0.1) is 0 Å². The molecule has 1 N–H and O–H groups in total. The first kappa shape index (κ1) is 24.6. The third-order valence-electron chi connectivity index (χ3n) is 5.09. The molecule has 2 heterocycles. The van der Waals surface area contributed by atoms with E-state index in [1.165, 1.54) is 38.5 Å². The zero-order chi connectivity index (χ0) is 22.3. The van der Waals surface area contributed by atoms with Gasteiger partial charge in [0, 0.05) is 6.54 Å². The number of aromatic nitrogens is 3. The fraction of sp³-hybridized carbons (Fsp3) is 0.864. The van der Waals surface area contributed by atoms with E-state index in [0.717, 1.165) is 13.0 Å². The van der Waals surface area contributed by atoms with Gasteiger partial charge in [-0.05, 0) is 41.0 Å². The van der Waals surface area contributed by atoms with E-state index >= 15 is 0 Å². The van der Waals surface area contributed by atoms with E-state index in [2.05, 4.69) is 22.6 Å². The molecular weight excluding hydrogens is 384 g/mol. The van der Waals surface area contributed by atoms with E-state index in [0.29, 0.717) is 5.69 Å². The Morgan fingerprint density at radius 1 is 1.13 bits per heavy atom. The van der Waals surface area contributed by atoms with Crippen LogP contribution in [0.4, 0.5) is 4.79 Å². The first-order valence-electron chi connectivity index (χ1n) is 11.2. The minimum atomic E-state index is -0.934. The van der Waals surface area contributed by atoms with Gasteiger partial charge < -0.3 is 19.5 Å². The highest BCUT2D eigenvalue weighted by Gasteiger charge is 2.45.